The van der Waals surface area contributed by atoms with Gasteiger partial charge in [0.1, 0.15) is 0 Å². The molecule has 0 aliphatic heterocycles. The topological polar surface area (TPSA) is 12.0 Å². The van der Waals surface area contributed by atoms with Gasteiger partial charge < -0.3 is 5.32 Å². The number of benzene rings is 2. The van der Waals surface area contributed by atoms with Crippen LogP contribution in [0.15, 0.2) is 53.4 Å². The van der Waals surface area contributed by atoms with Crippen molar-refractivity contribution in [3.63, 3.8) is 0 Å². The van der Waals surface area contributed by atoms with Gasteiger partial charge in [-0.1, -0.05) is 57.2 Å². The zero-order valence-corrected chi connectivity index (χ0v) is 14.0. The van der Waals surface area contributed by atoms with Crippen molar-refractivity contribution in [2.45, 2.75) is 50.4 Å². The molecule has 1 N–H and O–H groups in total. The van der Waals surface area contributed by atoms with E-state index in [1.54, 1.807) is 0 Å². The predicted molar refractivity (Wildman–Crippen MR) is 93.8 cm³/mol. The Kier molecular flexibility index (Phi) is 6.34. The predicted octanol–water partition coefficient (Wildman–Crippen LogP) is 5.04. The summed E-state index contributed by atoms with van der Waals surface area (Å²) in [7, 11) is 0. The van der Waals surface area contributed by atoms with E-state index in [9.17, 15) is 0 Å². The van der Waals surface area contributed by atoms with Crippen molar-refractivity contribution < 1.29 is 0 Å². The molecule has 0 aromatic heterocycles. The molecule has 21 heavy (non-hydrogen) atoms. The van der Waals surface area contributed by atoms with Crippen LogP contribution in [0.25, 0.3) is 0 Å². The van der Waals surface area contributed by atoms with Gasteiger partial charge in [-0.05, 0) is 35.2 Å². The van der Waals surface area contributed by atoms with E-state index in [2.05, 4.69) is 74.6 Å². The van der Waals surface area contributed by atoms with Gasteiger partial charge in [-0.3, -0.25) is 0 Å². The third-order valence-corrected chi connectivity index (χ3v) is 4.51. The maximum atomic E-state index is 3.47. The summed E-state index contributed by atoms with van der Waals surface area (Å²) >= 11 is 1.91. The molecule has 2 aromatic carbocycles. The average Bonchev–Trinajstić information content (AvgIpc) is 2.52. The van der Waals surface area contributed by atoms with E-state index < -0.39 is 0 Å². The first-order chi connectivity index (χ1) is 10.2. The largest absolute Gasteiger partial charge is 0.310 e. The fourth-order valence-electron chi connectivity index (χ4n) is 2.11. The molecule has 0 radical (unpaired) electrons. The molecule has 0 amide bonds. The van der Waals surface area contributed by atoms with Gasteiger partial charge in [0.15, 0.2) is 0 Å². The average molecular weight is 299 g/mol. The monoisotopic (exact) mass is 299 g/mol. The van der Waals surface area contributed by atoms with Crippen molar-refractivity contribution in [1.82, 2.24) is 5.32 Å². The van der Waals surface area contributed by atoms with E-state index in [0.717, 1.165) is 18.7 Å². The summed E-state index contributed by atoms with van der Waals surface area (Å²) in [6, 6.07) is 18.3. The third-order valence-electron chi connectivity index (χ3n) is 3.45. The summed E-state index contributed by atoms with van der Waals surface area (Å²) < 4.78 is 0. The molecule has 0 spiro atoms. The molecule has 0 saturated heterocycles. The number of aryl methyl sites for hydroxylation is 1. The third kappa shape index (κ3) is 5.56. The van der Waals surface area contributed by atoms with Gasteiger partial charge >= 0.3 is 0 Å². The fraction of sp³-hybridized carbons (Fsp3) is 0.368. The zero-order valence-electron chi connectivity index (χ0n) is 13.2. The van der Waals surface area contributed by atoms with Crippen LogP contribution in [-0.2, 0) is 18.7 Å². The molecule has 2 rings (SSSR count). The van der Waals surface area contributed by atoms with Crippen LogP contribution in [0.2, 0.25) is 0 Å². The molecule has 0 bridgehead atoms. The first kappa shape index (κ1) is 16.1. The molecule has 0 unspecified atom stereocenters. The standard InChI is InChI=1S/C19H25NS/c1-4-16-8-10-17(11-9-16)14-21-19-7-5-6-18(12-19)13-20-15(2)3/h5-12,15,20H,4,13-14H2,1-3H3. The molecule has 0 heterocycles. The number of thioether (sulfide) groups is 1. The van der Waals surface area contributed by atoms with E-state index in [4.69, 9.17) is 0 Å². The SMILES string of the molecule is CCc1ccc(CSc2cccc(CNC(C)C)c2)cc1. The van der Waals surface area contributed by atoms with Crippen molar-refractivity contribution in [2.75, 3.05) is 0 Å². The lowest BCUT2D eigenvalue weighted by Gasteiger charge is -2.09. The van der Waals surface area contributed by atoms with Crippen molar-refractivity contribution in [1.29, 1.82) is 0 Å². The summed E-state index contributed by atoms with van der Waals surface area (Å²) in [4.78, 5) is 1.35. The van der Waals surface area contributed by atoms with Crippen LogP contribution in [0, 0.1) is 0 Å². The second-order valence-corrected chi connectivity index (χ2v) is 6.69. The van der Waals surface area contributed by atoms with Crippen LogP contribution < -0.4 is 5.32 Å². The highest BCUT2D eigenvalue weighted by Crippen LogP contribution is 2.24. The number of nitrogens with one attached hydrogen (secondary N) is 1. The fourth-order valence-corrected chi connectivity index (χ4v) is 3.04. The van der Waals surface area contributed by atoms with Crippen molar-refractivity contribution in [3.8, 4) is 0 Å². The van der Waals surface area contributed by atoms with Gasteiger partial charge in [0.25, 0.3) is 0 Å². The molecule has 0 atom stereocenters. The Hall–Kier alpha value is -1.25. The maximum Gasteiger partial charge on any atom is 0.0231 e. The molecule has 112 valence electrons. The molecular formula is C19H25NS. The van der Waals surface area contributed by atoms with E-state index in [-0.39, 0.29) is 0 Å². The molecule has 0 aliphatic rings. The van der Waals surface area contributed by atoms with E-state index >= 15 is 0 Å². The van der Waals surface area contributed by atoms with Gasteiger partial charge in [0.2, 0.25) is 0 Å². The second-order valence-electron chi connectivity index (χ2n) is 5.64. The Balaban J connectivity index is 1.91. The Labute approximate surface area is 133 Å². The number of hydrogen-bond acceptors (Lipinski definition) is 2. The first-order valence-electron chi connectivity index (χ1n) is 7.70. The van der Waals surface area contributed by atoms with Crippen molar-refractivity contribution in [2.24, 2.45) is 0 Å². The van der Waals surface area contributed by atoms with Crippen LogP contribution in [0.1, 0.15) is 37.5 Å². The van der Waals surface area contributed by atoms with Gasteiger partial charge in [0, 0.05) is 23.2 Å². The van der Waals surface area contributed by atoms with Gasteiger partial charge in [-0.15, -0.1) is 11.8 Å². The van der Waals surface area contributed by atoms with Crippen LogP contribution in [0.3, 0.4) is 0 Å². The van der Waals surface area contributed by atoms with Crippen LogP contribution in [0.4, 0.5) is 0 Å². The second kappa shape index (κ2) is 8.26. The minimum Gasteiger partial charge on any atom is -0.310 e. The highest BCUT2D eigenvalue weighted by atomic mass is 32.2. The van der Waals surface area contributed by atoms with Gasteiger partial charge in [-0.2, -0.15) is 0 Å². The summed E-state index contributed by atoms with van der Waals surface area (Å²) in [5, 5.41) is 3.47. The van der Waals surface area contributed by atoms with Crippen LogP contribution >= 0.6 is 11.8 Å². The van der Waals surface area contributed by atoms with E-state index in [1.165, 1.54) is 21.6 Å². The Morgan fingerprint density at radius 2 is 1.67 bits per heavy atom. The molecule has 2 heteroatoms. The highest BCUT2D eigenvalue weighted by molar-refractivity contribution is 7.98. The number of rotatable bonds is 7. The normalized spacial score (nSPS) is 11.0. The summed E-state index contributed by atoms with van der Waals surface area (Å²) in [5.41, 5.74) is 4.16. The van der Waals surface area contributed by atoms with E-state index in [1.807, 2.05) is 11.8 Å². The van der Waals surface area contributed by atoms with Crippen molar-refractivity contribution in [3.05, 3.63) is 65.2 Å². The minimum atomic E-state index is 0.526. The van der Waals surface area contributed by atoms with Crippen LogP contribution in [-0.4, -0.2) is 6.04 Å². The molecule has 0 fully saturated rings. The lowest BCUT2D eigenvalue weighted by molar-refractivity contribution is 0.588. The summed E-state index contributed by atoms with van der Waals surface area (Å²) in [6.45, 7) is 7.49. The smallest absolute Gasteiger partial charge is 0.0231 e. The van der Waals surface area contributed by atoms with Crippen molar-refractivity contribution >= 4 is 11.8 Å². The Morgan fingerprint density at radius 1 is 0.952 bits per heavy atom. The molecular weight excluding hydrogens is 274 g/mol. The zero-order chi connectivity index (χ0) is 15.1. The summed E-state index contributed by atoms with van der Waals surface area (Å²) in [6.07, 6.45) is 1.11. The lowest BCUT2D eigenvalue weighted by atomic mass is 10.1. The molecule has 0 saturated carbocycles. The van der Waals surface area contributed by atoms with E-state index in [0.29, 0.717) is 6.04 Å². The highest BCUT2D eigenvalue weighted by Gasteiger charge is 2.00. The molecule has 1 nitrogen and oxygen atoms in total. The Bertz CT molecular complexity index is 546. The first-order valence-corrected chi connectivity index (χ1v) is 8.69. The van der Waals surface area contributed by atoms with Gasteiger partial charge in [0.05, 0.1) is 0 Å². The Morgan fingerprint density at radius 3 is 2.33 bits per heavy atom. The molecule has 0 aliphatic carbocycles. The quantitative estimate of drug-likeness (QED) is 0.719. The maximum absolute atomic E-state index is 3.47. The molecule has 2 aromatic rings. The number of hydrogen-bond donors (Lipinski definition) is 1. The van der Waals surface area contributed by atoms with Crippen LogP contribution in [0.5, 0.6) is 0 Å². The summed E-state index contributed by atoms with van der Waals surface area (Å²) in [5.74, 6) is 1.03. The lowest BCUT2D eigenvalue weighted by Crippen LogP contribution is -2.21. The minimum absolute atomic E-state index is 0.526. The van der Waals surface area contributed by atoms with Gasteiger partial charge in [-0.25, -0.2) is 0 Å².